The summed E-state index contributed by atoms with van der Waals surface area (Å²) in [6.45, 7) is 3.03. The maximum Gasteiger partial charge on any atom is 0.305 e. The standard InChI is InChI=1S/C12H13ClN2O5/c1-12(2,6-10(16)17)14-11(18)8-4-3-7(13)5-9(8)15(19)20/h3-5H,6H2,1-2H3,(H,14,18)(H,16,17). The monoisotopic (exact) mass is 300 g/mol. The third-order valence-corrected chi connectivity index (χ3v) is 2.68. The number of amides is 1. The van der Waals surface area contributed by atoms with Crippen LogP contribution in [0.15, 0.2) is 18.2 Å². The molecule has 1 rings (SSSR count). The van der Waals surface area contributed by atoms with E-state index < -0.39 is 28.0 Å². The molecule has 1 amide bonds. The van der Waals surface area contributed by atoms with Gasteiger partial charge in [-0.05, 0) is 26.0 Å². The number of aliphatic carboxylic acids is 1. The lowest BCUT2D eigenvalue weighted by Gasteiger charge is -2.24. The number of carboxylic acids is 1. The van der Waals surface area contributed by atoms with Crippen molar-refractivity contribution in [3.63, 3.8) is 0 Å². The van der Waals surface area contributed by atoms with Gasteiger partial charge in [-0.3, -0.25) is 19.7 Å². The number of nitro groups is 1. The Morgan fingerprint density at radius 3 is 2.55 bits per heavy atom. The van der Waals surface area contributed by atoms with Gasteiger partial charge < -0.3 is 10.4 Å². The molecule has 0 saturated carbocycles. The highest BCUT2D eigenvalue weighted by atomic mass is 35.5. The average Bonchev–Trinajstić information content (AvgIpc) is 2.25. The second-order valence-corrected chi connectivity index (χ2v) is 5.26. The van der Waals surface area contributed by atoms with Crippen LogP contribution in [0.25, 0.3) is 0 Å². The zero-order valence-corrected chi connectivity index (χ0v) is 11.6. The lowest BCUT2D eigenvalue weighted by molar-refractivity contribution is -0.385. The van der Waals surface area contributed by atoms with Crippen LogP contribution in [0.5, 0.6) is 0 Å². The van der Waals surface area contributed by atoms with E-state index in [2.05, 4.69) is 5.32 Å². The molecule has 0 radical (unpaired) electrons. The fourth-order valence-corrected chi connectivity index (χ4v) is 1.81. The zero-order valence-electron chi connectivity index (χ0n) is 10.8. The summed E-state index contributed by atoms with van der Waals surface area (Å²) in [6, 6.07) is 3.65. The van der Waals surface area contributed by atoms with Gasteiger partial charge in [0.25, 0.3) is 11.6 Å². The first-order valence-corrected chi connectivity index (χ1v) is 5.98. The number of nitrogens with zero attached hydrogens (tertiary/aromatic N) is 1. The van der Waals surface area contributed by atoms with E-state index >= 15 is 0 Å². The van der Waals surface area contributed by atoms with Crippen molar-refractivity contribution in [1.82, 2.24) is 5.32 Å². The van der Waals surface area contributed by atoms with Crippen LogP contribution in [-0.4, -0.2) is 27.4 Å². The molecule has 2 N–H and O–H groups in total. The van der Waals surface area contributed by atoms with Crippen LogP contribution in [0.2, 0.25) is 5.02 Å². The lowest BCUT2D eigenvalue weighted by atomic mass is 10.00. The molecule has 0 aliphatic heterocycles. The van der Waals surface area contributed by atoms with E-state index in [9.17, 15) is 19.7 Å². The molecule has 108 valence electrons. The molecule has 7 nitrogen and oxygen atoms in total. The normalized spacial score (nSPS) is 10.9. The molecule has 0 bridgehead atoms. The largest absolute Gasteiger partial charge is 0.481 e. The number of hydrogen-bond acceptors (Lipinski definition) is 4. The second kappa shape index (κ2) is 5.87. The van der Waals surface area contributed by atoms with Crippen molar-refractivity contribution in [3.8, 4) is 0 Å². The second-order valence-electron chi connectivity index (χ2n) is 4.83. The molecule has 0 heterocycles. The minimum Gasteiger partial charge on any atom is -0.481 e. The Hall–Kier alpha value is -2.15. The molecule has 0 fully saturated rings. The molecule has 0 unspecified atom stereocenters. The molecular weight excluding hydrogens is 288 g/mol. The van der Waals surface area contributed by atoms with Crippen molar-refractivity contribution in [2.24, 2.45) is 0 Å². The molecule has 1 aromatic rings. The topological polar surface area (TPSA) is 110 Å². The van der Waals surface area contributed by atoms with Crippen molar-refractivity contribution in [2.75, 3.05) is 0 Å². The van der Waals surface area contributed by atoms with Crippen LogP contribution < -0.4 is 5.32 Å². The number of rotatable bonds is 5. The Bertz CT molecular complexity index is 571. The number of nitro benzene ring substituents is 1. The van der Waals surface area contributed by atoms with Gasteiger partial charge in [0.2, 0.25) is 0 Å². The number of carbonyl (C=O) groups is 2. The highest BCUT2D eigenvalue weighted by molar-refractivity contribution is 6.31. The lowest BCUT2D eigenvalue weighted by Crippen LogP contribution is -2.45. The Kier molecular flexibility index (Phi) is 4.67. The number of halogens is 1. The summed E-state index contributed by atoms with van der Waals surface area (Å²) in [6.07, 6.45) is -0.305. The van der Waals surface area contributed by atoms with Crippen LogP contribution in [0, 0.1) is 10.1 Å². The molecule has 0 aliphatic rings. The SMILES string of the molecule is CC(C)(CC(=O)O)NC(=O)c1ccc(Cl)cc1[N+](=O)[O-]. The third kappa shape index (κ3) is 4.20. The number of benzene rings is 1. The quantitative estimate of drug-likeness (QED) is 0.640. The molecule has 0 spiro atoms. The van der Waals surface area contributed by atoms with E-state index in [4.69, 9.17) is 16.7 Å². The highest BCUT2D eigenvalue weighted by Crippen LogP contribution is 2.24. The molecule has 0 atom stereocenters. The van der Waals surface area contributed by atoms with E-state index in [1.807, 2.05) is 0 Å². The van der Waals surface area contributed by atoms with Crippen LogP contribution in [-0.2, 0) is 4.79 Å². The Labute approximate surface area is 119 Å². The van der Waals surface area contributed by atoms with Gasteiger partial charge in [-0.1, -0.05) is 11.6 Å². The van der Waals surface area contributed by atoms with Gasteiger partial charge in [-0.2, -0.15) is 0 Å². The van der Waals surface area contributed by atoms with E-state index in [-0.39, 0.29) is 17.0 Å². The Balaban J connectivity index is 3.04. The Morgan fingerprint density at radius 2 is 2.05 bits per heavy atom. The number of carbonyl (C=O) groups excluding carboxylic acids is 1. The maximum atomic E-state index is 12.0. The predicted octanol–water partition coefficient (Wildman–Crippen LogP) is 2.23. The summed E-state index contributed by atoms with van der Waals surface area (Å²) in [5, 5.41) is 22.2. The first-order chi connectivity index (χ1) is 9.12. The average molecular weight is 301 g/mol. The minimum atomic E-state index is -1.08. The van der Waals surface area contributed by atoms with Gasteiger partial charge in [0.1, 0.15) is 5.56 Å². The maximum absolute atomic E-state index is 12.0. The molecule has 1 aromatic carbocycles. The first kappa shape index (κ1) is 15.9. The van der Waals surface area contributed by atoms with Gasteiger partial charge in [-0.25, -0.2) is 0 Å². The van der Waals surface area contributed by atoms with Crippen LogP contribution in [0.1, 0.15) is 30.6 Å². The third-order valence-electron chi connectivity index (χ3n) is 2.45. The molecule has 0 saturated heterocycles. The number of nitrogens with one attached hydrogen (secondary N) is 1. The van der Waals surface area contributed by atoms with Crippen molar-refractivity contribution in [2.45, 2.75) is 25.8 Å². The predicted molar refractivity (Wildman–Crippen MR) is 71.9 cm³/mol. The minimum absolute atomic E-state index is 0.137. The van der Waals surface area contributed by atoms with Crippen molar-refractivity contribution >= 4 is 29.2 Å². The Morgan fingerprint density at radius 1 is 1.45 bits per heavy atom. The van der Waals surface area contributed by atoms with Crippen LogP contribution in [0.3, 0.4) is 0 Å². The first-order valence-electron chi connectivity index (χ1n) is 5.60. The fraction of sp³-hybridized carbons (Fsp3) is 0.333. The molecular formula is C12H13ClN2O5. The molecule has 20 heavy (non-hydrogen) atoms. The van der Waals surface area contributed by atoms with Gasteiger partial charge >= 0.3 is 5.97 Å². The zero-order chi connectivity index (χ0) is 15.5. The van der Waals surface area contributed by atoms with E-state index in [1.54, 1.807) is 0 Å². The smallest absolute Gasteiger partial charge is 0.305 e. The van der Waals surface area contributed by atoms with Gasteiger partial charge in [0, 0.05) is 16.6 Å². The van der Waals surface area contributed by atoms with E-state index in [1.165, 1.54) is 26.0 Å². The van der Waals surface area contributed by atoms with Crippen LogP contribution in [0.4, 0.5) is 5.69 Å². The number of hydrogen-bond donors (Lipinski definition) is 2. The summed E-state index contributed by atoms with van der Waals surface area (Å²) in [5.74, 6) is -1.81. The summed E-state index contributed by atoms with van der Waals surface area (Å²) in [7, 11) is 0. The summed E-state index contributed by atoms with van der Waals surface area (Å²) >= 11 is 5.65. The highest BCUT2D eigenvalue weighted by Gasteiger charge is 2.28. The fourth-order valence-electron chi connectivity index (χ4n) is 1.64. The molecule has 8 heteroatoms. The van der Waals surface area contributed by atoms with Gasteiger partial charge in [-0.15, -0.1) is 0 Å². The van der Waals surface area contributed by atoms with Crippen molar-refractivity contribution in [3.05, 3.63) is 38.9 Å². The van der Waals surface area contributed by atoms with Crippen LogP contribution >= 0.6 is 11.6 Å². The summed E-state index contributed by atoms with van der Waals surface area (Å²) < 4.78 is 0. The van der Waals surface area contributed by atoms with Crippen molar-refractivity contribution in [1.29, 1.82) is 0 Å². The summed E-state index contributed by atoms with van der Waals surface area (Å²) in [4.78, 5) is 32.9. The molecule has 0 aromatic heterocycles. The van der Waals surface area contributed by atoms with Gasteiger partial charge in [0.05, 0.1) is 11.3 Å². The van der Waals surface area contributed by atoms with E-state index in [0.29, 0.717) is 0 Å². The van der Waals surface area contributed by atoms with Gasteiger partial charge in [0.15, 0.2) is 0 Å². The van der Waals surface area contributed by atoms with E-state index in [0.717, 1.165) is 6.07 Å². The van der Waals surface area contributed by atoms with Crippen molar-refractivity contribution < 1.29 is 19.6 Å². The summed E-state index contributed by atoms with van der Waals surface area (Å²) in [5.41, 5.74) is -1.63. The number of carboxylic acid groups (broad SMARTS) is 1. The molecule has 0 aliphatic carbocycles.